The number of benzene rings is 1. The Bertz CT molecular complexity index is 856. The van der Waals surface area contributed by atoms with Crippen LogP contribution >= 0.6 is 15.9 Å². The van der Waals surface area contributed by atoms with Crippen LogP contribution < -0.4 is 0 Å². The Morgan fingerprint density at radius 1 is 1.28 bits per heavy atom. The molecule has 0 atom stereocenters. The molecule has 5 nitrogen and oxygen atoms in total. The smallest absolute Gasteiger partial charge is 0.416 e. The minimum Gasteiger partial charge on any atom is -0.476 e. The van der Waals surface area contributed by atoms with Crippen molar-refractivity contribution in [2.75, 3.05) is 0 Å². The first kappa shape index (κ1) is 17.7. The fraction of sp³-hybridized carbons (Fsp3) is 0.312. The van der Waals surface area contributed by atoms with Gasteiger partial charge < -0.3 is 9.63 Å². The highest BCUT2D eigenvalue weighted by Gasteiger charge is 2.38. The minimum atomic E-state index is -4.63. The monoisotopic (exact) mass is 417 g/mol. The Morgan fingerprint density at radius 2 is 1.96 bits per heavy atom. The lowest BCUT2D eigenvalue weighted by Gasteiger charge is -2.11. The Morgan fingerprint density at radius 3 is 2.48 bits per heavy atom. The number of alkyl halides is 4. The van der Waals surface area contributed by atoms with Crippen LogP contribution in [0.4, 0.5) is 13.2 Å². The number of ketones is 1. The number of hydrogen-bond acceptors (Lipinski definition) is 4. The van der Waals surface area contributed by atoms with E-state index in [4.69, 9.17) is 4.52 Å². The largest absolute Gasteiger partial charge is 0.476 e. The molecule has 1 aliphatic rings. The van der Waals surface area contributed by atoms with Crippen molar-refractivity contribution in [1.29, 1.82) is 0 Å². The quantitative estimate of drug-likeness (QED) is 0.576. The van der Waals surface area contributed by atoms with Gasteiger partial charge in [0.1, 0.15) is 5.56 Å². The van der Waals surface area contributed by atoms with Crippen LogP contribution in [0.25, 0.3) is 0 Å². The maximum Gasteiger partial charge on any atom is 0.416 e. The van der Waals surface area contributed by atoms with Crippen LogP contribution in [0.1, 0.15) is 62.1 Å². The third-order valence-corrected chi connectivity index (χ3v) is 4.48. The van der Waals surface area contributed by atoms with Crippen molar-refractivity contribution >= 4 is 27.7 Å². The highest BCUT2D eigenvalue weighted by atomic mass is 79.9. The molecule has 0 spiro atoms. The van der Waals surface area contributed by atoms with Crippen molar-refractivity contribution in [1.82, 2.24) is 5.16 Å². The fourth-order valence-corrected chi connectivity index (χ4v) is 2.82. The molecule has 1 aromatic carbocycles. The molecule has 1 saturated carbocycles. The van der Waals surface area contributed by atoms with Crippen LogP contribution in [0.15, 0.2) is 22.7 Å². The predicted molar refractivity (Wildman–Crippen MR) is 82.9 cm³/mol. The van der Waals surface area contributed by atoms with E-state index in [-0.39, 0.29) is 33.7 Å². The molecule has 25 heavy (non-hydrogen) atoms. The number of carbonyl (C=O) groups is 2. The Kier molecular flexibility index (Phi) is 4.44. The Hall–Kier alpha value is -2.16. The van der Waals surface area contributed by atoms with E-state index < -0.39 is 29.2 Å². The molecule has 0 bridgehead atoms. The van der Waals surface area contributed by atoms with Gasteiger partial charge in [0.15, 0.2) is 11.5 Å². The number of aromatic carboxylic acids is 1. The molecule has 1 heterocycles. The summed E-state index contributed by atoms with van der Waals surface area (Å²) in [5.74, 6) is -2.30. The van der Waals surface area contributed by atoms with Gasteiger partial charge in [-0.3, -0.25) is 4.79 Å². The number of carbonyl (C=O) groups excluding carboxylic acids is 1. The van der Waals surface area contributed by atoms with Gasteiger partial charge in [-0.2, -0.15) is 13.2 Å². The summed E-state index contributed by atoms with van der Waals surface area (Å²) < 4.78 is 44.2. The van der Waals surface area contributed by atoms with Gasteiger partial charge in [0.25, 0.3) is 0 Å². The van der Waals surface area contributed by atoms with Gasteiger partial charge >= 0.3 is 12.1 Å². The molecule has 1 aromatic heterocycles. The standard InChI is InChI=1S/C16H11BrF3NO4/c17-6-7-3-9(5-10(4-7)16(18,19)20)13(22)11-12(15(23)24)21-25-14(11)8-1-2-8/h3-5,8H,1-2,6H2,(H,23,24). The molecule has 0 saturated heterocycles. The Balaban J connectivity index is 2.13. The van der Waals surface area contributed by atoms with Gasteiger partial charge in [-0.1, -0.05) is 21.1 Å². The zero-order valence-corrected chi connectivity index (χ0v) is 14.1. The van der Waals surface area contributed by atoms with Crippen molar-refractivity contribution in [2.45, 2.75) is 30.3 Å². The molecule has 0 amide bonds. The summed E-state index contributed by atoms with van der Waals surface area (Å²) in [7, 11) is 0. The van der Waals surface area contributed by atoms with E-state index in [2.05, 4.69) is 21.1 Å². The van der Waals surface area contributed by atoms with E-state index >= 15 is 0 Å². The third-order valence-electron chi connectivity index (χ3n) is 3.83. The molecular weight excluding hydrogens is 407 g/mol. The zero-order valence-electron chi connectivity index (χ0n) is 12.6. The predicted octanol–water partition coefficient (Wildman–Crippen LogP) is 4.39. The van der Waals surface area contributed by atoms with Crippen LogP contribution in [-0.2, 0) is 11.5 Å². The summed E-state index contributed by atoms with van der Waals surface area (Å²) in [6, 6.07) is 2.94. The highest BCUT2D eigenvalue weighted by molar-refractivity contribution is 9.08. The second-order valence-electron chi connectivity index (χ2n) is 5.73. The van der Waals surface area contributed by atoms with Crippen LogP contribution in [0.3, 0.4) is 0 Å². The SMILES string of the molecule is O=C(O)c1noc(C2CC2)c1C(=O)c1cc(CBr)cc(C(F)(F)F)c1. The molecule has 1 fully saturated rings. The van der Waals surface area contributed by atoms with Crippen molar-refractivity contribution in [3.05, 3.63) is 51.9 Å². The molecule has 9 heteroatoms. The molecule has 0 unspecified atom stereocenters. The minimum absolute atomic E-state index is 0.113. The van der Waals surface area contributed by atoms with Crippen LogP contribution in [-0.4, -0.2) is 22.0 Å². The summed E-state index contributed by atoms with van der Waals surface area (Å²) in [6.45, 7) is 0. The summed E-state index contributed by atoms with van der Waals surface area (Å²) in [5.41, 5.74) is -1.83. The van der Waals surface area contributed by atoms with E-state index in [0.717, 1.165) is 6.07 Å². The molecule has 2 aromatic rings. The zero-order chi connectivity index (χ0) is 18.4. The lowest BCUT2D eigenvalue weighted by Crippen LogP contribution is -2.13. The van der Waals surface area contributed by atoms with Gasteiger partial charge in [-0.05, 0) is 36.6 Å². The Labute approximate surface area is 147 Å². The molecule has 1 N–H and O–H groups in total. The second kappa shape index (κ2) is 6.29. The summed E-state index contributed by atoms with van der Waals surface area (Å²) in [5, 5.41) is 12.7. The van der Waals surface area contributed by atoms with Crippen molar-refractivity contribution < 1.29 is 32.4 Å². The lowest BCUT2D eigenvalue weighted by atomic mass is 9.96. The van der Waals surface area contributed by atoms with Gasteiger partial charge in [-0.15, -0.1) is 0 Å². The maximum absolute atomic E-state index is 13.1. The highest BCUT2D eigenvalue weighted by Crippen LogP contribution is 2.43. The van der Waals surface area contributed by atoms with Gasteiger partial charge in [0.05, 0.1) is 5.56 Å². The van der Waals surface area contributed by atoms with Gasteiger partial charge in [-0.25, -0.2) is 4.79 Å². The van der Waals surface area contributed by atoms with Crippen LogP contribution in [0.2, 0.25) is 0 Å². The average molecular weight is 418 g/mol. The fourth-order valence-electron chi connectivity index (χ4n) is 2.50. The van der Waals surface area contributed by atoms with Crippen LogP contribution in [0.5, 0.6) is 0 Å². The number of hydrogen-bond donors (Lipinski definition) is 1. The number of nitrogens with zero attached hydrogens (tertiary/aromatic N) is 1. The second-order valence-corrected chi connectivity index (χ2v) is 6.29. The van der Waals surface area contributed by atoms with Crippen molar-refractivity contribution in [3.63, 3.8) is 0 Å². The van der Waals surface area contributed by atoms with E-state index in [1.165, 1.54) is 6.07 Å². The number of carboxylic acids is 1. The molecule has 1 aliphatic carbocycles. The summed E-state index contributed by atoms with van der Waals surface area (Å²) in [4.78, 5) is 24.1. The summed E-state index contributed by atoms with van der Waals surface area (Å²) in [6.07, 6.45) is -3.20. The first-order valence-electron chi connectivity index (χ1n) is 7.27. The number of carboxylic acid groups (broad SMARTS) is 1. The molecule has 0 radical (unpaired) electrons. The third kappa shape index (κ3) is 3.46. The average Bonchev–Trinajstić information content (AvgIpc) is 3.30. The molecule has 0 aliphatic heterocycles. The van der Waals surface area contributed by atoms with E-state index in [1.807, 2.05) is 0 Å². The van der Waals surface area contributed by atoms with Crippen molar-refractivity contribution in [2.24, 2.45) is 0 Å². The maximum atomic E-state index is 13.1. The molecule has 132 valence electrons. The number of aromatic nitrogens is 1. The lowest BCUT2D eigenvalue weighted by molar-refractivity contribution is -0.137. The first-order chi connectivity index (χ1) is 11.7. The van der Waals surface area contributed by atoms with Crippen molar-refractivity contribution in [3.8, 4) is 0 Å². The molecular formula is C16H11BrF3NO4. The first-order valence-corrected chi connectivity index (χ1v) is 8.39. The van der Waals surface area contributed by atoms with Crippen LogP contribution in [0, 0.1) is 0 Å². The molecule has 3 rings (SSSR count). The van der Waals surface area contributed by atoms with Gasteiger partial charge in [0.2, 0.25) is 5.69 Å². The number of halogens is 4. The van der Waals surface area contributed by atoms with E-state index in [0.29, 0.717) is 18.9 Å². The summed E-state index contributed by atoms with van der Waals surface area (Å²) >= 11 is 3.07. The van der Waals surface area contributed by atoms with Gasteiger partial charge in [0, 0.05) is 16.8 Å². The topological polar surface area (TPSA) is 80.4 Å². The number of rotatable bonds is 5. The van der Waals surface area contributed by atoms with E-state index in [1.54, 1.807) is 0 Å². The normalized spacial score (nSPS) is 14.6. The van der Waals surface area contributed by atoms with E-state index in [9.17, 15) is 27.9 Å².